The van der Waals surface area contributed by atoms with Crippen molar-refractivity contribution in [3.05, 3.63) is 59.5 Å². The van der Waals surface area contributed by atoms with E-state index >= 15 is 0 Å². The van der Waals surface area contributed by atoms with Gasteiger partial charge in [0, 0.05) is 5.92 Å². The number of rotatable bonds is 4. The Morgan fingerprint density at radius 3 is 2.88 bits per heavy atom. The summed E-state index contributed by atoms with van der Waals surface area (Å²) in [6.45, 7) is 0.324. The molecule has 1 aliphatic carbocycles. The molecule has 8 heteroatoms. The topological polar surface area (TPSA) is 95.9 Å². The van der Waals surface area contributed by atoms with Crippen LogP contribution in [0.2, 0.25) is 5.15 Å². The Morgan fingerprint density at radius 2 is 2.08 bits per heavy atom. The van der Waals surface area contributed by atoms with Gasteiger partial charge < -0.3 is 15.0 Å². The summed E-state index contributed by atoms with van der Waals surface area (Å²) in [6.07, 6.45) is 6.54. The standard InChI is InChI=1S/C18H16ClN5O2/c19-15-14-16(23-18(20)22-15)21-10-24(14)13-7-6-11(8-13)9-26-17(25)12-4-2-1-3-5-12/h1-7,10-11,13H,8-9H2,(H2,20,22,23)/t11-,13+/m1/s1. The van der Waals surface area contributed by atoms with Crippen LogP contribution in [0.4, 0.5) is 5.95 Å². The molecule has 2 heterocycles. The van der Waals surface area contributed by atoms with Gasteiger partial charge in [0.25, 0.3) is 0 Å². The van der Waals surface area contributed by atoms with Gasteiger partial charge in [0.15, 0.2) is 10.8 Å². The van der Waals surface area contributed by atoms with E-state index in [2.05, 4.69) is 21.0 Å². The van der Waals surface area contributed by atoms with Crippen LogP contribution < -0.4 is 5.73 Å². The Labute approximate surface area is 154 Å². The molecule has 26 heavy (non-hydrogen) atoms. The second-order valence-corrected chi connectivity index (χ2v) is 6.47. The average Bonchev–Trinajstić information content (AvgIpc) is 3.27. The number of hydrogen-bond donors (Lipinski definition) is 1. The Balaban J connectivity index is 1.43. The molecule has 0 fully saturated rings. The highest BCUT2D eigenvalue weighted by molar-refractivity contribution is 6.33. The lowest BCUT2D eigenvalue weighted by Gasteiger charge is -2.15. The molecule has 2 aromatic heterocycles. The van der Waals surface area contributed by atoms with Crippen molar-refractivity contribution in [2.24, 2.45) is 5.92 Å². The molecule has 0 spiro atoms. The van der Waals surface area contributed by atoms with E-state index in [1.54, 1.807) is 18.5 Å². The lowest BCUT2D eigenvalue weighted by molar-refractivity contribution is 0.0461. The second kappa shape index (κ2) is 6.76. The molecule has 132 valence electrons. The van der Waals surface area contributed by atoms with Gasteiger partial charge in [-0.05, 0) is 18.6 Å². The number of nitrogens with two attached hydrogens (primary N) is 1. The molecule has 0 aliphatic heterocycles. The van der Waals surface area contributed by atoms with Crippen molar-refractivity contribution in [2.45, 2.75) is 12.5 Å². The van der Waals surface area contributed by atoms with Crippen LogP contribution in [-0.2, 0) is 4.74 Å². The van der Waals surface area contributed by atoms with Gasteiger partial charge in [-0.2, -0.15) is 9.97 Å². The first-order valence-corrected chi connectivity index (χ1v) is 8.55. The molecule has 0 amide bonds. The second-order valence-electron chi connectivity index (χ2n) is 6.11. The van der Waals surface area contributed by atoms with Crippen LogP contribution in [0.3, 0.4) is 0 Å². The average molecular weight is 370 g/mol. The SMILES string of the molecule is Nc1nc(Cl)c2c(ncn2[C@H]2C=C[C@@H](COC(=O)c3ccccc3)C2)n1. The molecule has 3 aromatic rings. The molecule has 0 radical (unpaired) electrons. The van der Waals surface area contributed by atoms with E-state index in [0.717, 1.165) is 6.42 Å². The number of nitrogen functional groups attached to an aromatic ring is 1. The number of ether oxygens (including phenoxy) is 1. The van der Waals surface area contributed by atoms with Crippen LogP contribution in [0.15, 0.2) is 48.8 Å². The van der Waals surface area contributed by atoms with E-state index in [9.17, 15) is 4.79 Å². The summed E-state index contributed by atoms with van der Waals surface area (Å²) in [5.74, 6) is -0.0959. The fourth-order valence-corrected chi connectivity index (χ4v) is 3.36. The molecule has 0 unspecified atom stereocenters. The van der Waals surface area contributed by atoms with Crippen LogP contribution in [0.5, 0.6) is 0 Å². The number of imidazole rings is 1. The highest BCUT2D eigenvalue weighted by Crippen LogP contribution is 2.32. The van der Waals surface area contributed by atoms with Crippen LogP contribution >= 0.6 is 11.6 Å². The maximum Gasteiger partial charge on any atom is 0.338 e. The molecule has 0 bridgehead atoms. The predicted octanol–water partition coefficient (Wildman–Crippen LogP) is 3.04. The third kappa shape index (κ3) is 3.13. The number of nitrogens with zero attached hydrogens (tertiary/aromatic N) is 4. The number of aromatic nitrogens is 4. The zero-order valence-corrected chi connectivity index (χ0v) is 14.5. The number of anilines is 1. The fraction of sp³-hybridized carbons (Fsp3) is 0.222. The first-order valence-electron chi connectivity index (χ1n) is 8.18. The largest absolute Gasteiger partial charge is 0.461 e. The van der Waals surface area contributed by atoms with Gasteiger partial charge >= 0.3 is 5.97 Å². The highest BCUT2D eigenvalue weighted by Gasteiger charge is 2.24. The van der Waals surface area contributed by atoms with Gasteiger partial charge in [-0.25, -0.2) is 9.78 Å². The third-order valence-electron chi connectivity index (χ3n) is 4.35. The molecule has 4 rings (SSSR count). The summed E-state index contributed by atoms with van der Waals surface area (Å²) in [7, 11) is 0. The minimum absolute atomic E-state index is 0.0464. The van der Waals surface area contributed by atoms with Gasteiger partial charge in [-0.1, -0.05) is 42.0 Å². The van der Waals surface area contributed by atoms with Gasteiger partial charge in [0.1, 0.15) is 5.52 Å². The Morgan fingerprint density at radius 1 is 1.27 bits per heavy atom. The van der Waals surface area contributed by atoms with Gasteiger partial charge in [-0.3, -0.25) is 0 Å². The zero-order chi connectivity index (χ0) is 18.1. The number of carbonyl (C=O) groups is 1. The maximum atomic E-state index is 12.1. The van der Waals surface area contributed by atoms with Crippen LogP contribution in [0.1, 0.15) is 22.8 Å². The Kier molecular flexibility index (Phi) is 4.30. The maximum absolute atomic E-state index is 12.1. The molecule has 2 N–H and O–H groups in total. The van der Waals surface area contributed by atoms with Crippen molar-refractivity contribution in [1.82, 2.24) is 19.5 Å². The molecule has 0 saturated heterocycles. The van der Waals surface area contributed by atoms with Crippen molar-refractivity contribution in [3.8, 4) is 0 Å². The number of fused-ring (bicyclic) bond motifs is 1. The number of allylic oxidation sites excluding steroid dienone is 1. The van der Waals surface area contributed by atoms with Crippen molar-refractivity contribution >= 4 is 34.7 Å². The summed E-state index contributed by atoms with van der Waals surface area (Å²) < 4.78 is 7.35. The number of halogens is 1. The zero-order valence-electron chi connectivity index (χ0n) is 13.7. The van der Waals surface area contributed by atoms with Crippen LogP contribution in [-0.4, -0.2) is 32.1 Å². The smallest absolute Gasteiger partial charge is 0.338 e. The Bertz CT molecular complexity index is 986. The quantitative estimate of drug-likeness (QED) is 0.431. The van der Waals surface area contributed by atoms with Crippen molar-refractivity contribution in [2.75, 3.05) is 12.3 Å². The molecular formula is C18H16ClN5O2. The van der Waals surface area contributed by atoms with E-state index < -0.39 is 0 Å². The molecular weight excluding hydrogens is 354 g/mol. The van der Waals surface area contributed by atoms with Gasteiger partial charge in [0.2, 0.25) is 5.95 Å². The number of hydrogen-bond acceptors (Lipinski definition) is 6. The minimum atomic E-state index is -0.317. The lowest BCUT2D eigenvalue weighted by atomic mass is 10.1. The summed E-state index contributed by atoms with van der Waals surface area (Å²) in [4.78, 5) is 24.4. The Hall–Kier alpha value is -2.93. The first kappa shape index (κ1) is 16.5. The number of carbonyl (C=O) groups excluding carboxylic acids is 1. The van der Waals surface area contributed by atoms with Gasteiger partial charge in [-0.15, -0.1) is 0 Å². The molecule has 0 saturated carbocycles. The third-order valence-corrected chi connectivity index (χ3v) is 4.61. The summed E-state index contributed by atoms with van der Waals surface area (Å²) >= 11 is 6.21. The molecule has 1 aromatic carbocycles. The van der Waals surface area contributed by atoms with Crippen molar-refractivity contribution in [1.29, 1.82) is 0 Å². The monoisotopic (exact) mass is 369 g/mol. The van der Waals surface area contributed by atoms with E-state index in [1.165, 1.54) is 0 Å². The normalized spacial score (nSPS) is 19.1. The van der Waals surface area contributed by atoms with E-state index in [4.69, 9.17) is 22.1 Å². The minimum Gasteiger partial charge on any atom is -0.461 e. The summed E-state index contributed by atoms with van der Waals surface area (Å²) in [6, 6.07) is 9.00. The van der Waals surface area contributed by atoms with Crippen LogP contribution in [0, 0.1) is 5.92 Å². The summed E-state index contributed by atoms with van der Waals surface area (Å²) in [5, 5.41) is 0.275. The molecule has 7 nitrogen and oxygen atoms in total. The van der Waals surface area contributed by atoms with Crippen LogP contribution in [0.25, 0.3) is 11.2 Å². The van der Waals surface area contributed by atoms with Gasteiger partial charge in [0.05, 0.1) is 24.5 Å². The van der Waals surface area contributed by atoms with Crippen molar-refractivity contribution < 1.29 is 9.53 Å². The highest BCUT2D eigenvalue weighted by atomic mass is 35.5. The van der Waals surface area contributed by atoms with Crippen molar-refractivity contribution in [3.63, 3.8) is 0 Å². The fourth-order valence-electron chi connectivity index (χ4n) is 3.09. The summed E-state index contributed by atoms with van der Waals surface area (Å²) in [5.41, 5.74) is 7.27. The number of benzene rings is 1. The van der Waals surface area contributed by atoms with E-state index in [0.29, 0.717) is 23.3 Å². The first-order chi connectivity index (χ1) is 12.6. The van der Waals surface area contributed by atoms with E-state index in [-0.39, 0.29) is 29.0 Å². The molecule has 1 aliphatic rings. The molecule has 2 atom stereocenters. The van der Waals surface area contributed by atoms with E-state index in [1.807, 2.05) is 28.8 Å². The predicted molar refractivity (Wildman–Crippen MR) is 97.8 cm³/mol. The lowest BCUT2D eigenvalue weighted by Crippen LogP contribution is -2.13. The number of esters is 1.